The van der Waals surface area contributed by atoms with Crippen LogP contribution in [0.4, 0.5) is 0 Å². The van der Waals surface area contributed by atoms with E-state index in [2.05, 4.69) is 132 Å². The summed E-state index contributed by atoms with van der Waals surface area (Å²) in [6.07, 6.45) is 0. The van der Waals surface area contributed by atoms with Crippen molar-refractivity contribution in [1.82, 2.24) is 14.5 Å². The molecule has 0 spiro atoms. The molecule has 7 aromatic carbocycles. The van der Waals surface area contributed by atoms with Crippen LogP contribution in [-0.2, 0) is 0 Å². The van der Waals surface area contributed by atoms with E-state index in [1.165, 1.54) is 47.1 Å². The van der Waals surface area contributed by atoms with Crippen LogP contribution in [0.3, 0.4) is 0 Å². The van der Waals surface area contributed by atoms with Crippen LogP contribution in [0, 0.1) is 0 Å². The topological polar surface area (TPSA) is 43.9 Å². The molecule has 4 nitrogen and oxygen atoms in total. The fraction of sp³-hybridized carbons (Fsp3) is 0. The Morgan fingerprint density at radius 1 is 0.532 bits per heavy atom. The van der Waals surface area contributed by atoms with Crippen molar-refractivity contribution < 1.29 is 4.42 Å². The van der Waals surface area contributed by atoms with Crippen molar-refractivity contribution in [1.29, 1.82) is 0 Å². The molecule has 0 bridgehead atoms. The second-order valence-electron chi connectivity index (χ2n) is 12.1. The predicted molar refractivity (Wildman–Crippen MR) is 197 cm³/mol. The Hall–Kier alpha value is -6.04. The van der Waals surface area contributed by atoms with E-state index >= 15 is 0 Å². The largest absolute Gasteiger partial charge is 0.437 e. The lowest BCUT2D eigenvalue weighted by Gasteiger charge is -2.12. The van der Waals surface area contributed by atoms with E-state index in [0.717, 1.165) is 44.2 Å². The maximum absolute atomic E-state index is 6.51. The molecule has 0 aliphatic carbocycles. The number of thiophene rings is 1. The minimum Gasteiger partial charge on any atom is -0.437 e. The number of fused-ring (bicyclic) bond motifs is 14. The van der Waals surface area contributed by atoms with Gasteiger partial charge in [-0.25, -0.2) is 4.98 Å². The van der Waals surface area contributed by atoms with Crippen molar-refractivity contribution in [3.8, 4) is 17.2 Å². The van der Waals surface area contributed by atoms with Crippen LogP contribution in [0.15, 0.2) is 144 Å². The van der Waals surface area contributed by atoms with Gasteiger partial charge < -0.3 is 4.42 Å². The lowest BCUT2D eigenvalue weighted by atomic mass is 9.99. The van der Waals surface area contributed by atoms with Gasteiger partial charge in [0.1, 0.15) is 5.58 Å². The molecule has 4 aromatic heterocycles. The molecule has 11 aromatic rings. The molecule has 0 N–H and O–H groups in total. The zero-order valence-corrected chi connectivity index (χ0v) is 25.8. The maximum Gasteiger partial charge on any atom is 0.233 e. The summed E-state index contributed by atoms with van der Waals surface area (Å²) in [6, 6.07) is 49.4. The van der Waals surface area contributed by atoms with Crippen LogP contribution < -0.4 is 0 Å². The molecule has 0 saturated carbocycles. The summed E-state index contributed by atoms with van der Waals surface area (Å²) < 4.78 is 11.4. The number of furan rings is 1. The van der Waals surface area contributed by atoms with Crippen molar-refractivity contribution in [2.75, 3.05) is 0 Å². The number of benzene rings is 7. The van der Waals surface area contributed by atoms with Gasteiger partial charge in [-0.1, -0.05) is 115 Å². The quantitative estimate of drug-likeness (QED) is 0.194. The molecule has 5 heteroatoms. The van der Waals surface area contributed by atoms with E-state index in [1.54, 1.807) is 0 Å². The summed E-state index contributed by atoms with van der Waals surface area (Å²) in [5.74, 6) is 1.46. The highest BCUT2D eigenvalue weighted by Gasteiger charge is 2.25. The molecule has 11 rings (SSSR count). The fourth-order valence-electron chi connectivity index (χ4n) is 7.57. The molecule has 47 heavy (non-hydrogen) atoms. The molecule has 4 heterocycles. The van der Waals surface area contributed by atoms with Crippen LogP contribution in [0.2, 0.25) is 0 Å². The van der Waals surface area contributed by atoms with Crippen LogP contribution in [0.25, 0.3) is 103 Å². The molecule has 0 amide bonds. The second kappa shape index (κ2) is 9.25. The third kappa shape index (κ3) is 3.41. The minimum atomic E-state index is 0.582. The standard InChI is InChI=1S/C42H23N3OS/c1-2-12-25-23-26(22-21-24(25)11-1)40-43-41(37-30-16-6-9-19-33(30)46-42(37)44-40)45-32-18-8-5-15-29(32)35-27-13-3-4-14-28(27)36-31-17-7-10-20-34(31)47-39(36)38(35)45/h1-23H. The number of hydrogen-bond acceptors (Lipinski definition) is 4. The molecule has 0 atom stereocenters. The van der Waals surface area contributed by atoms with Gasteiger partial charge in [0.05, 0.1) is 21.1 Å². The average molecular weight is 618 g/mol. The van der Waals surface area contributed by atoms with Gasteiger partial charge >= 0.3 is 0 Å². The monoisotopic (exact) mass is 617 g/mol. The number of aromatic nitrogens is 3. The van der Waals surface area contributed by atoms with E-state index in [9.17, 15) is 0 Å². The first-order valence-corrected chi connectivity index (χ1v) is 16.6. The molecular formula is C42H23N3OS. The maximum atomic E-state index is 6.51. The molecule has 0 aliphatic rings. The zero-order valence-electron chi connectivity index (χ0n) is 24.9. The molecule has 0 saturated heterocycles. The van der Waals surface area contributed by atoms with Gasteiger partial charge in [-0.15, -0.1) is 11.3 Å². The van der Waals surface area contributed by atoms with Crippen molar-refractivity contribution in [2.24, 2.45) is 0 Å². The van der Waals surface area contributed by atoms with E-state index < -0.39 is 0 Å². The Balaban J connectivity index is 1.38. The Morgan fingerprint density at radius 2 is 1.21 bits per heavy atom. The Bertz CT molecular complexity index is 3090. The summed E-state index contributed by atoms with van der Waals surface area (Å²) in [7, 11) is 0. The molecule has 0 aliphatic heterocycles. The first-order valence-electron chi connectivity index (χ1n) is 15.8. The number of rotatable bonds is 2. The summed E-state index contributed by atoms with van der Waals surface area (Å²) in [5.41, 5.74) is 4.60. The highest BCUT2D eigenvalue weighted by Crippen LogP contribution is 2.48. The highest BCUT2D eigenvalue weighted by molar-refractivity contribution is 7.27. The normalized spacial score (nSPS) is 12.3. The van der Waals surface area contributed by atoms with Crippen LogP contribution >= 0.6 is 11.3 Å². The Kier molecular flexibility index (Phi) is 4.96. The number of hydrogen-bond donors (Lipinski definition) is 0. The van der Waals surface area contributed by atoms with Gasteiger partial charge in [0, 0.05) is 37.2 Å². The van der Waals surface area contributed by atoms with Gasteiger partial charge in [-0.05, 0) is 45.8 Å². The van der Waals surface area contributed by atoms with Crippen LogP contribution in [0.1, 0.15) is 0 Å². The minimum absolute atomic E-state index is 0.582. The summed E-state index contributed by atoms with van der Waals surface area (Å²) >= 11 is 1.86. The Morgan fingerprint density at radius 3 is 2.09 bits per heavy atom. The van der Waals surface area contributed by atoms with Crippen LogP contribution in [-0.4, -0.2) is 14.5 Å². The summed E-state index contributed by atoms with van der Waals surface area (Å²) in [4.78, 5) is 10.6. The van der Waals surface area contributed by atoms with Gasteiger partial charge in [0.25, 0.3) is 0 Å². The fourth-order valence-corrected chi connectivity index (χ4v) is 8.83. The van der Waals surface area contributed by atoms with Gasteiger partial charge in [0.15, 0.2) is 11.6 Å². The Labute approximate surface area is 271 Å². The van der Waals surface area contributed by atoms with Crippen LogP contribution in [0.5, 0.6) is 0 Å². The van der Waals surface area contributed by atoms with E-state index in [4.69, 9.17) is 14.4 Å². The van der Waals surface area contributed by atoms with Crippen molar-refractivity contribution >= 4 is 96.9 Å². The predicted octanol–water partition coefficient (Wildman–Crippen LogP) is 11.8. The zero-order chi connectivity index (χ0) is 30.6. The third-order valence-corrected chi connectivity index (χ3v) is 10.8. The second-order valence-corrected chi connectivity index (χ2v) is 13.2. The molecule has 0 radical (unpaired) electrons. The number of nitrogens with zero attached hydrogens (tertiary/aromatic N) is 3. The lowest BCUT2D eigenvalue weighted by Crippen LogP contribution is -2.02. The van der Waals surface area contributed by atoms with Crippen molar-refractivity contribution in [2.45, 2.75) is 0 Å². The van der Waals surface area contributed by atoms with Gasteiger partial charge in [-0.3, -0.25) is 4.57 Å². The average Bonchev–Trinajstić information content (AvgIpc) is 3.81. The SMILES string of the molecule is c1ccc2cc(-c3nc(-n4c5ccccc5c5c6ccccc6c6c7ccccc7sc6c54)c4c(n3)oc3ccccc34)ccc2c1. The summed E-state index contributed by atoms with van der Waals surface area (Å²) in [5, 5.41) is 11.8. The van der Waals surface area contributed by atoms with E-state index in [-0.39, 0.29) is 0 Å². The van der Waals surface area contributed by atoms with Crippen molar-refractivity contribution in [3.63, 3.8) is 0 Å². The summed E-state index contributed by atoms with van der Waals surface area (Å²) in [6.45, 7) is 0. The van der Waals surface area contributed by atoms with E-state index in [0.29, 0.717) is 11.5 Å². The molecule has 0 fully saturated rings. The van der Waals surface area contributed by atoms with Gasteiger partial charge in [0.2, 0.25) is 5.71 Å². The van der Waals surface area contributed by atoms with Crippen molar-refractivity contribution in [3.05, 3.63) is 140 Å². The molecule has 218 valence electrons. The highest BCUT2D eigenvalue weighted by atomic mass is 32.1. The molecular weight excluding hydrogens is 595 g/mol. The first-order chi connectivity index (χ1) is 23.3. The smallest absolute Gasteiger partial charge is 0.233 e. The third-order valence-electron chi connectivity index (χ3n) is 9.59. The lowest BCUT2D eigenvalue weighted by molar-refractivity contribution is 0.653. The first kappa shape index (κ1) is 25.2. The van der Waals surface area contributed by atoms with Gasteiger partial charge in [-0.2, -0.15) is 4.98 Å². The molecule has 0 unspecified atom stereocenters. The number of para-hydroxylation sites is 2. The van der Waals surface area contributed by atoms with E-state index in [1.807, 2.05) is 23.5 Å².